The molecule has 2 heterocycles. The summed E-state index contributed by atoms with van der Waals surface area (Å²) < 4.78 is 5.78. The summed E-state index contributed by atoms with van der Waals surface area (Å²) in [7, 11) is 0. The molecular weight excluding hydrogens is 278 g/mol. The molecule has 1 amide bonds. The lowest BCUT2D eigenvalue weighted by atomic mass is 9.97. The SMILES string of the molecule is CC(NC(=O)C1CCNCC1)c1ncc(-c2ccccc2)o1. The molecule has 2 N–H and O–H groups in total. The highest BCUT2D eigenvalue weighted by molar-refractivity contribution is 5.79. The Morgan fingerprint density at radius 2 is 2.05 bits per heavy atom. The van der Waals surface area contributed by atoms with Crippen LogP contribution < -0.4 is 10.6 Å². The Labute approximate surface area is 130 Å². The summed E-state index contributed by atoms with van der Waals surface area (Å²) in [4.78, 5) is 16.5. The molecule has 1 atom stereocenters. The molecule has 0 bridgehead atoms. The van der Waals surface area contributed by atoms with Crippen molar-refractivity contribution >= 4 is 5.91 Å². The monoisotopic (exact) mass is 299 g/mol. The van der Waals surface area contributed by atoms with Gasteiger partial charge < -0.3 is 15.1 Å². The number of carbonyl (C=O) groups is 1. The zero-order chi connectivity index (χ0) is 15.4. The number of carbonyl (C=O) groups excluding carboxylic acids is 1. The Bertz CT molecular complexity index is 618. The number of nitrogens with zero attached hydrogens (tertiary/aromatic N) is 1. The maximum absolute atomic E-state index is 12.3. The van der Waals surface area contributed by atoms with Gasteiger partial charge in [0.15, 0.2) is 5.76 Å². The quantitative estimate of drug-likeness (QED) is 0.910. The van der Waals surface area contributed by atoms with Crippen molar-refractivity contribution in [3.8, 4) is 11.3 Å². The normalized spacial score (nSPS) is 17.1. The molecule has 0 aliphatic carbocycles. The van der Waals surface area contributed by atoms with E-state index in [9.17, 15) is 4.79 Å². The molecule has 1 aliphatic heterocycles. The minimum Gasteiger partial charge on any atom is -0.438 e. The van der Waals surface area contributed by atoms with Crippen molar-refractivity contribution in [1.82, 2.24) is 15.6 Å². The Morgan fingerprint density at radius 3 is 2.77 bits per heavy atom. The average molecular weight is 299 g/mol. The first-order chi connectivity index (χ1) is 10.7. The van der Waals surface area contributed by atoms with Crippen LogP contribution in [0.4, 0.5) is 0 Å². The first-order valence-corrected chi connectivity index (χ1v) is 7.76. The van der Waals surface area contributed by atoms with Crippen LogP contribution in [0.3, 0.4) is 0 Å². The maximum atomic E-state index is 12.3. The summed E-state index contributed by atoms with van der Waals surface area (Å²) in [5.41, 5.74) is 0.984. The van der Waals surface area contributed by atoms with E-state index >= 15 is 0 Å². The molecule has 1 unspecified atom stereocenters. The molecule has 1 saturated heterocycles. The largest absolute Gasteiger partial charge is 0.438 e. The number of benzene rings is 1. The van der Waals surface area contributed by atoms with Crippen LogP contribution in [0.25, 0.3) is 11.3 Å². The van der Waals surface area contributed by atoms with Gasteiger partial charge in [-0.15, -0.1) is 0 Å². The van der Waals surface area contributed by atoms with Crippen molar-refractivity contribution in [3.63, 3.8) is 0 Å². The fraction of sp³-hybridized carbons (Fsp3) is 0.412. The van der Waals surface area contributed by atoms with Crippen molar-refractivity contribution in [3.05, 3.63) is 42.4 Å². The zero-order valence-electron chi connectivity index (χ0n) is 12.7. The van der Waals surface area contributed by atoms with Crippen molar-refractivity contribution in [2.75, 3.05) is 13.1 Å². The van der Waals surface area contributed by atoms with E-state index in [1.54, 1.807) is 6.20 Å². The molecule has 1 aromatic heterocycles. The van der Waals surface area contributed by atoms with Gasteiger partial charge in [0.05, 0.1) is 6.20 Å². The minimum atomic E-state index is -0.222. The zero-order valence-corrected chi connectivity index (χ0v) is 12.7. The molecule has 5 heteroatoms. The predicted molar refractivity (Wildman–Crippen MR) is 84.1 cm³/mol. The molecular formula is C17H21N3O2. The molecule has 5 nitrogen and oxygen atoms in total. The molecule has 2 aromatic rings. The van der Waals surface area contributed by atoms with E-state index in [0.29, 0.717) is 5.89 Å². The lowest BCUT2D eigenvalue weighted by Crippen LogP contribution is -2.39. The van der Waals surface area contributed by atoms with Crippen molar-refractivity contribution in [2.45, 2.75) is 25.8 Å². The first-order valence-electron chi connectivity index (χ1n) is 7.76. The van der Waals surface area contributed by atoms with E-state index in [1.165, 1.54) is 0 Å². The van der Waals surface area contributed by atoms with Crippen LogP contribution in [0.15, 0.2) is 40.9 Å². The number of nitrogens with one attached hydrogen (secondary N) is 2. The molecule has 1 aromatic carbocycles. The van der Waals surface area contributed by atoms with Gasteiger partial charge in [0.2, 0.25) is 11.8 Å². The highest BCUT2D eigenvalue weighted by Crippen LogP contribution is 2.23. The van der Waals surface area contributed by atoms with Gasteiger partial charge in [0.1, 0.15) is 6.04 Å². The summed E-state index contributed by atoms with van der Waals surface area (Å²) in [5.74, 6) is 1.44. The van der Waals surface area contributed by atoms with Gasteiger partial charge in [0, 0.05) is 11.5 Å². The molecule has 3 rings (SSSR count). The molecule has 1 fully saturated rings. The van der Waals surface area contributed by atoms with E-state index in [1.807, 2.05) is 37.3 Å². The fourth-order valence-corrected chi connectivity index (χ4v) is 2.70. The Morgan fingerprint density at radius 1 is 1.32 bits per heavy atom. The lowest BCUT2D eigenvalue weighted by Gasteiger charge is -2.23. The van der Waals surface area contributed by atoms with E-state index < -0.39 is 0 Å². The van der Waals surface area contributed by atoms with Gasteiger partial charge in [-0.1, -0.05) is 30.3 Å². The molecule has 0 radical (unpaired) electrons. The van der Waals surface area contributed by atoms with E-state index in [0.717, 1.165) is 37.3 Å². The maximum Gasteiger partial charge on any atom is 0.223 e. The smallest absolute Gasteiger partial charge is 0.223 e. The van der Waals surface area contributed by atoms with Gasteiger partial charge in [-0.05, 0) is 32.9 Å². The van der Waals surface area contributed by atoms with E-state index in [2.05, 4.69) is 15.6 Å². The Balaban J connectivity index is 1.64. The third-order valence-electron chi connectivity index (χ3n) is 4.02. The molecule has 0 spiro atoms. The molecule has 116 valence electrons. The first kappa shape index (κ1) is 14.8. The van der Waals surface area contributed by atoms with Crippen LogP contribution >= 0.6 is 0 Å². The highest BCUT2D eigenvalue weighted by Gasteiger charge is 2.24. The molecule has 22 heavy (non-hydrogen) atoms. The second-order valence-corrected chi connectivity index (χ2v) is 5.68. The number of amides is 1. The minimum absolute atomic E-state index is 0.0901. The van der Waals surface area contributed by atoms with Gasteiger partial charge >= 0.3 is 0 Å². The Hall–Kier alpha value is -2.14. The van der Waals surface area contributed by atoms with Crippen LogP contribution in [0.1, 0.15) is 31.7 Å². The summed E-state index contributed by atoms with van der Waals surface area (Å²) in [6.07, 6.45) is 3.48. The standard InChI is InChI=1S/C17H21N3O2/c1-12(20-16(21)14-7-9-18-10-8-14)17-19-11-15(22-17)13-5-3-2-4-6-13/h2-6,11-12,14,18H,7-10H2,1H3,(H,20,21). The second kappa shape index (κ2) is 6.75. The highest BCUT2D eigenvalue weighted by atomic mass is 16.4. The lowest BCUT2D eigenvalue weighted by molar-refractivity contribution is -0.126. The molecule has 1 aliphatic rings. The number of hydrogen-bond acceptors (Lipinski definition) is 4. The number of hydrogen-bond donors (Lipinski definition) is 2. The van der Waals surface area contributed by atoms with Crippen molar-refractivity contribution < 1.29 is 9.21 Å². The van der Waals surface area contributed by atoms with Crippen LogP contribution in [-0.2, 0) is 4.79 Å². The van der Waals surface area contributed by atoms with E-state index in [4.69, 9.17) is 4.42 Å². The topological polar surface area (TPSA) is 67.2 Å². The van der Waals surface area contributed by atoms with Crippen LogP contribution in [0, 0.1) is 5.92 Å². The number of aromatic nitrogens is 1. The summed E-state index contributed by atoms with van der Waals surface area (Å²) >= 11 is 0. The third-order valence-corrected chi connectivity index (χ3v) is 4.02. The summed E-state index contributed by atoms with van der Waals surface area (Å²) in [6, 6.07) is 9.60. The van der Waals surface area contributed by atoms with Crippen LogP contribution in [0.5, 0.6) is 0 Å². The van der Waals surface area contributed by atoms with Gasteiger partial charge in [-0.2, -0.15) is 0 Å². The average Bonchev–Trinajstić information content (AvgIpc) is 3.06. The van der Waals surface area contributed by atoms with Gasteiger partial charge in [-0.3, -0.25) is 4.79 Å². The predicted octanol–water partition coefficient (Wildman–Crippen LogP) is 2.52. The summed E-state index contributed by atoms with van der Waals surface area (Å²) in [5, 5.41) is 6.27. The van der Waals surface area contributed by atoms with Gasteiger partial charge in [0.25, 0.3) is 0 Å². The van der Waals surface area contributed by atoms with Gasteiger partial charge in [-0.25, -0.2) is 4.98 Å². The molecule has 0 saturated carbocycles. The number of oxazole rings is 1. The fourth-order valence-electron chi connectivity index (χ4n) is 2.70. The number of rotatable bonds is 4. The Kier molecular flexibility index (Phi) is 4.53. The van der Waals surface area contributed by atoms with E-state index in [-0.39, 0.29) is 17.9 Å². The second-order valence-electron chi connectivity index (χ2n) is 5.68. The van der Waals surface area contributed by atoms with Crippen LogP contribution in [0.2, 0.25) is 0 Å². The van der Waals surface area contributed by atoms with Crippen molar-refractivity contribution in [2.24, 2.45) is 5.92 Å². The van der Waals surface area contributed by atoms with Crippen LogP contribution in [-0.4, -0.2) is 24.0 Å². The summed E-state index contributed by atoms with van der Waals surface area (Å²) in [6.45, 7) is 3.72. The number of piperidine rings is 1. The third kappa shape index (κ3) is 3.36. The van der Waals surface area contributed by atoms with Crippen molar-refractivity contribution in [1.29, 1.82) is 0 Å².